The molecule has 2 fully saturated rings. The molecule has 2 N–H and O–H groups in total. The molecule has 0 bridgehead atoms. The van der Waals surface area contributed by atoms with Gasteiger partial charge in [0.2, 0.25) is 5.91 Å². The minimum absolute atomic E-state index is 0.00406. The van der Waals surface area contributed by atoms with Gasteiger partial charge in [-0.25, -0.2) is 0 Å². The molecular formula is C21H31N3O4. The molecule has 1 heterocycles. The maximum Gasteiger partial charge on any atom is 0.253 e. The van der Waals surface area contributed by atoms with Crippen LogP contribution in [-0.2, 0) is 9.53 Å². The molecule has 154 valence electrons. The normalized spacial score (nSPS) is 26.5. The molecule has 1 saturated carbocycles. The van der Waals surface area contributed by atoms with Gasteiger partial charge >= 0.3 is 0 Å². The topological polar surface area (TPSA) is 85.1 Å². The Kier molecular flexibility index (Phi) is 5.68. The number of hydrogen-bond donors (Lipinski definition) is 1. The first kappa shape index (κ1) is 20.6. The molecule has 7 nitrogen and oxygen atoms in total. The third kappa shape index (κ3) is 3.37. The second-order valence-corrected chi connectivity index (χ2v) is 8.15. The fraction of sp³-hybridized carbons (Fsp3) is 0.619. The van der Waals surface area contributed by atoms with E-state index in [1.54, 1.807) is 41.2 Å². The Morgan fingerprint density at radius 1 is 1.11 bits per heavy atom. The summed E-state index contributed by atoms with van der Waals surface area (Å²) in [6, 6.07) is 7.08. The molecule has 0 radical (unpaired) electrons. The van der Waals surface area contributed by atoms with Crippen molar-refractivity contribution in [3.63, 3.8) is 0 Å². The zero-order chi connectivity index (χ0) is 20.5. The lowest BCUT2D eigenvalue weighted by Gasteiger charge is -2.59. The summed E-state index contributed by atoms with van der Waals surface area (Å²) in [6.45, 7) is 8.56. The SMILES string of the molecule is CCOC1CC(N)(C(=O)N2CCN(C(=O)c3ccc(OC)cc3)CC2)C1(C)C. The Labute approximate surface area is 166 Å². The molecular weight excluding hydrogens is 358 g/mol. The quantitative estimate of drug-likeness (QED) is 0.825. The van der Waals surface area contributed by atoms with E-state index in [2.05, 4.69) is 0 Å². The molecule has 2 unspecified atom stereocenters. The number of hydrogen-bond acceptors (Lipinski definition) is 5. The standard InChI is InChI=1S/C21H31N3O4/c1-5-28-17-14-21(22,20(17,2)3)19(26)24-12-10-23(11-13-24)18(25)15-6-8-16(27-4)9-7-15/h6-9,17H,5,10-14,22H2,1-4H3. The number of nitrogens with two attached hydrogens (primary N) is 1. The van der Waals surface area contributed by atoms with Crippen molar-refractivity contribution in [1.82, 2.24) is 9.80 Å². The number of ether oxygens (including phenoxy) is 2. The van der Waals surface area contributed by atoms with Crippen LogP contribution in [0.3, 0.4) is 0 Å². The predicted molar refractivity (Wildman–Crippen MR) is 106 cm³/mol. The first-order valence-electron chi connectivity index (χ1n) is 9.87. The highest BCUT2D eigenvalue weighted by Gasteiger charge is 2.63. The molecule has 28 heavy (non-hydrogen) atoms. The summed E-state index contributed by atoms with van der Waals surface area (Å²) in [5.41, 5.74) is 5.83. The summed E-state index contributed by atoms with van der Waals surface area (Å²) in [5, 5.41) is 0. The van der Waals surface area contributed by atoms with Crippen LogP contribution in [0.25, 0.3) is 0 Å². The zero-order valence-electron chi connectivity index (χ0n) is 17.2. The van der Waals surface area contributed by atoms with Crippen LogP contribution in [0.15, 0.2) is 24.3 Å². The Morgan fingerprint density at radius 3 is 2.18 bits per heavy atom. The molecule has 1 saturated heterocycles. The third-order valence-corrected chi connectivity index (χ3v) is 6.40. The molecule has 0 spiro atoms. The van der Waals surface area contributed by atoms with Gasteiger partial charge in [0, 0.05) is 50.2 Å². The summed E-state index contributed by atoms with van der Waals surface area (Å²) < 4.78 is 10.9. The van der Waals surface area contributed by atoms with Gasteiger partial charge in [-0.05, 0) is 31.2 Å². The Hall–Kier alpha value is -2.12. The van der Waals surface area contributed by atoms with Crippen molar-refractivity contribution < 1.29 is 19.1 Å². The number of carbonyl (C=O) groups excluding carboxylic acids is 2. The van der Waals surface area contributed by atoms with E-state index in [9.17, 15) is 9.59 Å². The van der Waals surface area contributed by atoms with Crippen LogP contribution in [0.5, 0.6) is 5.75 Å². The maximum absolute atomic E-state index is 13.1. The van der Waals surface area contributed by atoms with E-state index >= 15 is 0 Å². The monoisotopic (exact) mass is 389 g/mol. The summed E-state index contributed by atoms with van der Waals surface area (Å²) in [7, 11) is 1.59. The molecule has 3 rings (SSSR count). The van der Waals surface area contributed by atoms with Crippen molar-refractivity contribution in [2.45, 2.75) is 38.8 Å². The molecule has 0 aromatic heterocycles. The summed E-state index contributed by atoms with van der Waals surface area (Å²) in [4.78, 5) is 29.4. The highest BCUT2D eigenvalue weighted by atomic mass is 16.5. The van der Waals surface area contributed by atoms with Gasteiger partial charge in [-0.3, -0.25) is 9.59 Å². The van der Waals surface area contributed by atoms with Gasteiger partial charge < -0.3 is 25.0 Å². The first-order valence-corrected chi connectivity index (χ1v) is 9.87. The number of benzene rings is 1. The summed E-state index contributed by atoms with van der Waals surface area (Å²) in [6.07, 6.45) is 0.543. The summed E-state index contributed by atoms with van der Waals surface area (Å²) in [5.74, 6) is 0.649. The second kappa shape index (κ2) is 7.72. The van der Waals surface area contributed by atoms with E-state index in [1.807, 2.05) is 20.8 Å². The van der Waals surface area contributed by atoms with E-state index in [4.69, 9.17) is 15.2 Å². The number of amides is 2. The number of piperazine rings is 1. The maximum atomic E-state index is 13.1. The van der Waals surface area contributed by atoms with Crippen molar-refractivity contribution in [2.75, 3.05) is 39.9 Å². The zero-order valence-corrected chi connectivity index (χ0v) is 17.2. The molecule has 7 heteroatoms. The Bertz CT molecular complexity index is 726. The van der Waals surface area contributed by atoms with Crippen LogP contribution in [0, 0.1) is 5.41 Å². The first-order chi connectivity index (χ1) is 13.2. The van der Waals surface area contributed by atoms with Crippen molar-refractivity contribution in [3.8, 4) is 5.75 Å². The van der Waals surface area contributed by atoms with Crippen LogP contribution >= 0.6 is 0 Å². The van der Waals surface area contributed by atoms with Crippen molar-refractivity contribution in [2.24, 2.45) is 11.1 Å². The highest BCUT2D eigenvalue weighted by Crippen LogP contribution is 2.50. The van der Waals surface area contributed by atoms with Crippen LogP contribution in [0.2, 0.25) is 0 Å². The second-order valence-electron chi connectivity index (χ2n) is 8.15. The van der Waals surface area contributed by atoms with Crippen LogP contribution in [0.1, 0.15) is 37.6 Å². The molecule has 1 aliphatic carbocycles. The van der Waals surface area contributed by atoms with Gasteiger partial charge in [-0.2, -0.15) is 0 Å². The molecule has 1 aromatic carbocycles. The van der Waals surface area contributed by atoms with Crippen LogP contribution < -0.4 is 10.5 Å². The van der Waals surface area contributed by atoms with Crippen molar-refractivity contribution in [1.29, 1.82) is 0 Å². The van der Waals surface area contributed by atoms with E-state index < -0.39 is 11.0 Å². The van der Waals surface area contributed by atoms with E-state index in [-0.39, 0.29) is 17.9 Å². The fourth-order valence-corrected chi connectivity index (χ4v) is 4.11. The lowest BCUT2D eigenvalue weighted by molar-refractivity contribution is -0.180. The summed E-state index contributed by atoms with van der Waals surface area (Å²) >= 11 is 0. The lowest BCUT2D eigenvalue weighted by atomic mass is 9.54. The number of methoxy groups -OCH3 is 1. The largest absolute Gasteiger partial charge is 0.497 e. The van der Waals surface area contributed by atoms with Crippen molar-refractivity contribution in [3.05, 3.63) is 29.8 Å². The third-order valence-electron chi connectivity index (χ3n) is 6.40. The number of rotatable bonds is 5. The molecule has 1 aliphatic heterocycles. The van der Waals surface area contributed by atoms with Crippen LogP contribution in [-0.4, -0.2) is 73.2 Å². The lowest BCUT2D eigenvalue weighted by Crippen LogP contribution is -2.76. The van der Waals surface area contributed by atoms with Crippen molar-refractivity contribution >= 4 is 11.8 Å². The van der Waals surface area contributed by atoms with Gasteiger partial charge in [0.15, 0.2) is 0 Å². The Balaban J connectivity index is 1.59. The minimum Gasteiger partial charge on any atom is -0.497 e. The smallest absolute Gasteiger partial charge is 0.253 e. The predicted octanol–water partition coefficient (Wildman–Crippen LogP) is 1.51. The molecule has 2 atom stereocenters. The van der Waals surface area contributed by atoms with E-state index in [0.717, 1.165) is 0 Å². The molecule has 2 aliphatic rings. The highest BCUT2D eigenvalue weighted by molar-refractivity contribution is 5.95. The molecule has 2 amide bonds. The minimum atomic E-state index is -0.908. The van der Waals surface area contributed by atoms with Crippen LogP contribution in [0.4, 0.5) is 0 Å². The van der Waals surface area contributed by atoms with Gasteiger partial charge in [-0.1, -0.05) is 13.8 Å². The van der Waals surface area contributed by atoms with Gasteiger partial charge in [-0.15, -0.1) is 0 Å². The average Bonchev–Trinajstić information content (AvgIpc) is 2.72. The number of carbonyl (C=O) groups is 2. The number of nitrogens with zero attached hydrogens (tertiary/aromatic N) is 2. The van der Waals surface area contributed by atoms with Gasteiger partial charge in [0.25, 0.3) is 5.91 Å². The Morgan fingerprint density at radius 2 is 1.68 bits per heavy atom. The van der Waals surface area contributed by atoms with E-state index in [0.29, 0.717) is 50.5 Å². The fourth-order valence-electron chi connectivity index (χ4n) is 4.11. The van der Waals surface area contributed by atoms with Gasteiger partial charge in [0.1, 0.15) is 11.3 Å². The van der Waals surface area contributed by atoms with Gasteiger partial charge in [0.05, 0.1) is 13.2 Å². The molecule has 1 aromatic rings. The van der Waals surface area contributed by atoms with E-state index in [1.165, 1.54) is 0 Å². The average molecular weight is 389 g/mol.